The van der Waals surface area contributed by atoms with Crippen molar-refractivity contribution in [2.24, 2.45) is 0 Å². The minimum Gasteiger partial charge on any atom is -0.493 e. The number of aliphatic hydroxyl groups excluding tert-OH is 1. The van der Waals surface area contributed by atoms with Crippen molar-refractivity contribution in [3.05, 3.63) is 22.5 Å². The van der Waals surface area contributed by atoms with E-state index in [0.29, 0.717) is 16.6 Å². The number of halogens is 1. The van der Waals surface area contributed by atoms with E-state index >= 15 is 0 Å². The van der Waals surface area contributed by atoms with E-state index in [2.05, 4.69) is 4.98 Å². The predicted octanol–water partition coefficient (Wildman–Crippen LogP) is 1.54. The van der Waals surface area contributed by atoms with Crippen LogP contribution < -0.4 is 4.74 Å². The number of methoxy groups -OCH3 is 1. The van der Waals surface area contributed by atoms with E-state index in [1.807, 2.05) is 6.92 Å². The van der Waals surface area contributed by atoms with E-state index in [4.69, 9.17) is 21.4 Å². The van der Waals surface area contributed by atoms with Gasteiger partial charge in [0, 0.05) is 0 Å². The molecule has 66 valence electrons. The van der Waals surface area contributed by atoms with Crippen LogP contribution in [0.5, 0.6) is 5.75 Å². The number of aliphatic hydroxyl groups is 1. The molecule has 4 heteroatoms. The predicted molar refractivity (Wildman–Crippen MR) is 46.5 cm³/mol. The second kappa shape index (κ2) is 3.74. The van der Waals surface area contributed by atoms with Crippen molar-refractivity contribution >= 4 is 11.6 Å². The lowest BCUT2D eigenvalue weighted by Gasteiger charge is -2.07. The van der Waals surface area contributed by atoms with Crippen LogP contribution in [0.2, 0.25) is 5.15 Å². The van der Waals surface area contributed by atoms with Crippen LogP contribution in [-0.2, 0) is 6.61 Å². The number of aryl methyl sites for hydroxylation is 1. The van der Waals surface area contributed by atoms with Gasteiger partial charge in [-0.15, -0.1) is 0 Å². The second-order valence-electron chi connectivity index (χ2n) is 2.41. The van der Waals surface area contributed by atoms with Crippen LogP contribution in [-0.4, -0.2) is 17.2 Å². The van der Waals surface area contributed by atoms with Crippen molar-refractivity contribution in [2.45, 2.75) is 13.5 Å². The van der Waals surface area contributed by atoms with Crippen molar-refractivity contribution in [2.75, 3.05) is 7.11 Å². The van der Waals surface area contributed by atoms with Crippen LogP contribution in [0.1, 0.15) is 11.3 Å². The molecule has 1 rings (SSSR count). The summed E-state index contributed by atoms with van der Waals surface area (Å²) in [6.45, 7) is 1.75. The van der Waals surface area contributed by atoms with Gasteiger partial charge in [0.2, 0.25) is 0 Å². The molecule has 0 aromatic carbocycles. The largest absolute Gasteiger partial charge is 0.493 e. The smallest absolute Gasteiger partial charge is 0.171 e. The summed E-state index contributed by atoms with van der Waals surface area (Å²) >= 11 is 5.77. The van der Waals surface area contributed by atoms with Gasteiger partial charge in [0.25, 0.3) is 0 Å². The van der Waals surface area contributed by atoms with Gasteiger partial charge in [-0.2, -0.15) is 0 Å². The van der Waals surface area contributed by atoms with Gasteiger partial charge in [-0.3, -0.25) is 0 Å². The molecule has 0 aliphatic carbocycles. The lowest BCUT2D eigenvalue weighted by atomic mass is 10.2. The third-order valence-electron chi connectivity index (χ3n) is 1.54. The topological polar surface area (TPSA) is 42.4 Å². The molecule has 0 fully saturated rings. The molecule has 0 unspecified atom stereocenters. The van der Waals surface area contributed by atoms with Crippen LogP contribution in [0.3, 0.4) is 0 Å². The normalized spacial score (nSPS) is 10.0. The molecular weight excluding hydrogens is 178 g/mol. The Morgan fingerprint density at radius 1 is 1.67 bits per heavy atom. The molecule has 0 atom stereocenters. The van der Waals surface area contributed by atoms with Gasteiger partial charge in [0.1, 0.15) is 0 Å². The summed E-state index contributed by atoms with van der Waals surface area (Å²) < 4.78 is 5.00. The minimum absolute atomic E-state index is 0.107. The molecule has 3 nitrogen and oxygen atoms in total. The first-order valence-corrected chi connectivity index (χ1v) is 3.87. The van der Waals surface area contributed by atoms with Gasteiger partial charge in [-0.25, -0.2) is 4.98 Å². The molecule has 0 bridgehead atoms. The summed E-state index contributed by atoms with van der Waals surface area (Å²) in [5.41, 5.74) is 1.43. The highest BCUT2D eigenvalue weighted by molar-refractivity contribution is 6.30. The zero-order chi connectivity index (χ0) is 9.14. The fourth-order valence-corrected chi connectivity index (χ4v) is 1.35. The minimum atomic E-state index is -0.107. The molecule has 0 aliphatic heterocycles. The summed E-state index contributed by atoms with van der Waals surface area (Å²) in [7, 11) is 1.54. The molecule has 1 aromatic heterocycles. The first-order chi connectivity index (χ1) is 5.69. The zero-order valence-electron chi connectivity index (χ0n) is 6.97. The van der Waals surface area contributed by atoms with E-state index < -0.39 is 0 Å². The Labute approximate surface area is 76.0 Å². The average Bonchev–Trinajstić information content (AvgIpc) is 2.03. The van der Waals surface area contributed by atoms with Gasteiger partial charge < -0.3 is 9.84 Å². The van der Waals surface area contributed by atoms with Gasteiger partial charge in [-0.05, 0) is 18.6 Å². The van der Waals surface area contributed by atoms with E-state index in [-0.39, 0.29) is 6.61 Å². The van der Waals surface area contributed by atoms with E-state index in [0.717, 1.165) is 5.56 Å². The molecule has 0 spiro atoms. The Morgan fingerprint density at radius 2 is 2.33 bits per heavy atom. The molecule has 0 saturated carbocycles. The zero-order valence-corrected chi connectivity index (χ0v) is 7.72. The van der Waals surface area contributed by atoms with E-state index in [9.17, 15) is 0 Å². The average molecular weight is 188 g/mol. The Hall–Kier alpha value is -0.800. The standard InChI is InChI=1S/C8H10ClNO2/c1-5-3-6(4-11)10-8(9)7(5)12-2/h3,11H,4H2,1-2H3. The Morgan fingerprint density at radius 3 is 2.75 bits per heavy atom. The molecule has 0 aliphatic rings. The molecule has 0 amide bonds. The fraction of sp³-hybridized carbons (Fsp3) is 0.375. The molecule has 0 radical (unpaired) electrons. The maximum absolute atomic E-state index is 8.79. The summed E-state index contributed by atoms with van der Waals surface area (Å²) in [6.07, 6.45) is 0. The van der Waals surface area contributed by atoms with Crippen molar-refractivity contribution in [3.63, 3.8) is 0 Å². The van der Waals surface area contributed by atoms with E-state index in [1.54, 1.807) is 6.07 Å². The van der Waals surface area contributed by atoms with Gasteiger partial charge in [0.15, 0.2) is 10.9 Å². The molecule has 1 aromatic rings. The van der Waals surface area contributed by atoms with Crippen LogP contribution in [0, 0.1) is 6.92 Å². The van der Waals surface area contributed by atoms with E-state index in [1.165, 1.54) is 7.11 Å². The number of aromatic nitrogens is 1. The lowest BCUT2D eigenvalue weighted by Crippen LogP contribution is -1.95. The molecule has 1 heterocycles. The summed E-state index contributed by atoms with van der Waals surface area (Å²) in [5, 5.41) is 9.08. The number of ether oxygens (including phenoxy) is 1. The first kappa shape index (κ1) is 9.29. The highest BCUT2D eigenvalue weighted by Gasteiger charge is 2.07. The highest BCUT2D eigenvalue weighted by atomic mass is 35.5. The third-order valence-corrected chi connectivity index (χ3v) is 1.79. The third kappa shape index (κ3) is 1.68. The first-order valence-electron chi connectivity index (χ1n) is 3.50. The highest BCUT2D eigenvalue weighted by Crippen LogP contribution is 2.26. The number of hydrogen-bond acceptors (Lipinski definition) is 3. The number of nitrogens with zero attached hydrogens (tertiary/aromatic N) is 1. The Balaban J connectivity index is 3.18. The number of pyridine rings is 1. The van der Waals surface area contributed by atoms with Gasteiger partial charge >= 0.3 is 0 Å². The summed E-state index contributed by atoms with van der Waals surface area (Å²) in [5.74, 6) is 0.564. The second-order valence-corrected chi connectivity index (χ2v) is 2.77. The van der Waals surface area contributed by atoms with Crippen LogP contribution >= 0.6 is 11.6 Å². The maximum Gasteiger partial charge on any atom is 0.171 e. The van der Waals surface area contributed by atoms with Crippen molar-refractivity contribution in [3.8, 4) is 5.75 Å². The van der Waals surface area contributed by atoms with Crippen LogP contribution in [0.15, 0.2) is 6.07 Å². The Kier molecular flexibility index (Phi) is 2.89. The lowest BCUT2D eigenvalue weighted by molar-refractivity contribution is 0.276. The quantitative estimate of drug-likeness (QED) is 0.715. The summed E-state index contributed by atoms with van der Waals surface area (Å²) in [4.78, 5) is 3.91. The monoisotopic (exact) mass is 187 g/mol. The molecular formula is C8H10ClNO2. The number of hydrogen-bond donors (Lipinski definition) is 1. The molecule has 12 heavy (non-hydrogen) atoms. The van der Waals surface area contributed by atoms with Crippen molar-refractivity contribution in [1.29, 1.82) is 0 Å². The van der Waals surface area contributed by atoms with Crippen LogP contribution in [0.4, 0.5) is 0 Å². The molecule has 1 N–H and O–H groups in total. The SMILES string of the molecule is COc1c(C)cc(CO)nc1Cl. The number of rotatable bonds is 2. The summed E-state index contributed by atoms with van der Waals surface area (Å²) in [6, 6.07) is 1.74. The maximum atomic E-state index is 8.79. The van der Waals surface area contributed by atoms with Gasteiger partial charge in [0.05, 0.1) is 19.4 Å². The van der Waals surface area contributed by atoms with Crippen molar-refractivity contribution in [1.82, 2.24) is 4.98 Å². The Bertz CT molecular complexity index is 265. The van der Waals surface area contributed by atoms with Crippen LogP contribution in [0.25, 0.3) is 0 Å². The van der Waals surface area contributed by atoms with Gasteiger partial charge in [-0.1, -0.05) is 11.6 Å². The fourth-order valence-electron chi connectivity index (χ4n) is 1.01. The molecule has 0 saturated heterocycles. The van der Waals surface area contributed by atoms with Crippen molar-refractivity contribution < 1.29 is 9.84 Å².